The summed E-state index contributed by atoms with van der Waals surface area (Å²) >= 11 is 1.88. The van der Waals surface area contributed by atoms with Crippen molar-refractivity contribution in [1.29, 1.82) is 0 Å². The molecule has 11 heteroatoms. The van der Waals surface area contributed by atoms with Crippen molar-refractivity contribution in [3.63, 3.8) is 0 Å². The van der Waals surface area contributed by atoms with Crippen LogP contribution in [0.5, 0.6) is 0 Å². The Morgan fingerprint density at radius 2 is 1.85 bits per heavy atom. The predicted molar refractivity (Wildman–Crippen MR) is 156 cm³/mol. The number of nitrogens with zero attached hydrogens (tertiary/aromatic N) is 6. The van der Waals surface area contributed by atoms with Gasteiger partial charge >= 0.3 is 11.8 Å². The highest BCUT2D eigenvalue weighted by Gasteiger charge is 2.27. The van der Waals surface area contributed by atoms with Crippen molar-refractivity contribution in [2.45, 2.75) is 38.5 Å². The number of nitrogen functional groups attached to an aromatic ring is 1. The molecule has 6 rings (SSSR count). The number of fused-ring (bicyclic) bond motifs is 2. The molecule has 0 radical (unpaired) electrons. The summed E-state index contributed by atoms with van der Waals surface area (Å²) in [4.78, 5) is 37.4. The van der Waals surface area contributed by atoms with Gasteiger partial charge in [-0.15, -0.1) is 11.3 Å². The van der Waals surface area contributed by atoms with Gasteiger partial charge in [-0.05, 0) is 63.9 Å². The van der Waals surface area contributed by atoms with E-state index in [2.05, 4.69) is 58.5 Å². The van der Waals surface area contributed by atoms with Crippen LogP contribution in [0.1, 0.15) is 43.5 Å². The molecule has 0 aliphatic carbocycles. The molecule has 2 aliphatic rings. The number of carbonyl (C=O) groups is 2. The van der Waals surface area contributed by atoms with Crippen molar-refractivity contribution < 1.29 is 9.59 Å². The SMILES string of the molecule is CC1CCCN(C(=O)C(=O)Nc2cnc(N)c3c2cnn3C)C1.CN1CCC(c2nc3ccccc3s2)CC1. The lowest BCUT2D eigenvalue weighted by Crippen LogP contribution is -2.44. The third-order valence-electron chi connectivity index (χ3n) is 7.57. The number of aryl methyl sites for hydroxylation is 1. The van der Waals surface area contributed by atoms with Crippen molar-refractivity contribution in [3.05, 3.63) is 41.7 Å². The second-order valence-electron chi connectivity index (χ2n) is 10.6. The minimum Gasteiger partial charge on any atom is -0.382 e. The first-order chi connectivity index (χ1) is 18.8. The zero-order chi connectivity index (χ0) is 27.5. The van der Waals surface area contributed by atoms with Crippen LogP contribution in [0.25, 0.3) is 21.1 Å². The van der Waals surface area contributed by atoms with E-state index in [1.807, 2.05) is 11.3 Å². The zero-order valence-electron chi connectivity index (χ0n) is 22.8. The Hall–Kier alpha value is -3.57. The van der Waals surface area contributed by atoms with Gasteiger partial charge in [-0.25, -0.2) is 9.97 Å². The van der Waals surface area contributed by atoms with E-state index in [1.165, 1.54) is 47.4 Å². The molecule has 2 fully saturated rings. The minimum absolute atomic E-state index is 0.328. The fourth-order valence-electron chi connectivity index (χ4n) is 5.32. The predicted octanol–water partition coefficient (Wildman–Crippen LogP) is 3.85. The molecule has 5 heterocycles. The van der Waals surface area contributed by atoms with Crippen LogP contribution >= 0.6 is 11.3 Å². The van der Waals surface area contributed by atoms with Gasteiger partial charge < -0.3 is 20.9 Å². The summed E-state index contributed by atoms with van der Waals surface area (Å²) in [7, 11) is 3.95. The summed E-state index contributed by atoms with van der Waals surface area (Å²) in [5, 5.41) is 8.76. The van der Waals surface area contributed by atoms with Gasteiger partial charge in [0.15, 0.2) is 0 Å². The fraction of sp³-hybridized carbons (Fsp3) is 0.464. The van der Waals surface area contributed by atoms with Crippen molar-refractivity contribution in [3.8, 4) is 0 Å². The number of aromatic nitrogens is 4. The standard InChI is InChI=1S/C15H20N6O2.C13H16N2S/c1-9-4-3-5-21(8-9)15(23)14(22)19-11-7-17-13(16)12-10(11)6-18-20(12)2;1-15-8-6-10(7-9-15)13-14-11-4-2-3-5-12(11)16-13/h6-7,9H,3-5,8H2,1-2H3,(H2,16,17)(H,19,22);2-5,10H,6-9H2,1H3. The van der Waals surface area contributed by atoms with Gasteiger partial charge in [0.1, 0.15) is 11.3 Å². The fourth-order valence-corrected chi connectivity index (χ4v) is 6.45. The Morgan fingerprint density at radius 1 is 1.08 bits per heavy atom. The van der Waals surface area contributed by atoms with Crippen molar-refractivity contribution in [1.82, 2.24) is 29.5 Å². The molecule has 39 heavy (non-hydrogen) atoms. The maximum absolute atomic E-state index is 12.3. The van der Waals surface area contributed by atoms with Crippen LogP contribution < -0.4 is 11.1 Å². The molecule has 3 N–H and O–H groups in total. The van der Waals surface area contributed by atoms with E-state index in [-0.39, 0.29) is 0 Å². The summed E-state index contributed by atoms with van der Waals surface area (Å²) in [5.41, 5.74) is 8.06. The Balaban J connectivity index is 0.000000168. The lowest BCUT2D eigenvalue weighted by Gasteiger charge is -2.30. The van der Waals surface area contributed by atoms with Gasteiger partial charge in [-0.1, -0.05) is 19.1 Å². The second-order valence-corrected chi connectivity index (χ2v) is 11.7. The van der Waals surface area contributed by atoms with Crippen LogP contribution in [0.15, 0.2) is 36.7 Å². The van der Waals surface area contributed by atoms with Crippen LogP contribution in [-0.2, 0) is 16.6 Å². The highest BCUT2D eigenvalue weighted by Crippen LogP contribution is 2.33. The van der Waals surface area contributed by atoms with Crippen LogP contribution in [0, 0.1) is 5.92 Å². The summed E-state index contributed by atoms with van der Waals surface area (Å²) in [6.45, 7) is 5.75. The third kappa shape index (κ3) is 6.04. The number of rotatable bonds is 2. The number of likely N-dealkylation sites (tertiary alicyclic amines) is 2. The van der Waals surface area contributed by atoms with E-state index in [9.17, 15) is 9.59 Å². The normalized spacial score (nSPS) is 18.6. The molecule has 1 atom stereocenters. The monoisotopic (exact) mass is 548 g/mol. The molecule has 206 valence electrons. The molecule has 1 unspecified atom stereocenters. The van der Waals surface area contributed by atoms with Crippen LogP contribution in [0.4, 0.5) is 11.5 Å². The molecule has 2 saturated heterocycles. The molecule has 4 aromatic rings. The van der Waals surface area contributed by atoms with Crippen molar-refractivity contribution in [2.24, 2.45) is 13.0 Å². The van der Waals surface area contributed by atoms with E-state index < -0.39 is 11.8 Å². The van der Waals surface area contributed by atoms with E-state index in [0.717, 1.165) is 12.8 Å². The van der Waals surface area contributed by atoms with Crippen LogP contribution in [0.3, 0.4) is 0 Å². The van der Waals surface area contributed by atoms with Gasteiger partial charge in [0.05, 0.1) is 33.3 Å². The van der Waals surface area contributed by atoms with Gasteiger partial charge in [-0.3, -0.25) is 14.3 Å². The smallest absolute Gasteiger partial charge is 0.313 e. The van der Waals surface area contributed by atoms with Gasteiger partial charge in [0.2, 0.25) is 0 Å². The highest BCUT2D eigenvalue weighted by molar-refractivity contribution is 7.18. The van der Waals surface area contributed by atoms with E-state index in [0.29, 0.717) is 47.3 Å². The number of para-hydroxylation sites is 1. The maximum atomic E-state index is 12.3. The number of benzene rings is 1. The molecule has 10 nitrogen and oxygen atoms in total. The molecule has 0 spiro atoms. The molecule has 2 amide bonds. The number of anilines is 2. The van der Waals surface area contributed by atoms with Crippen LogP contribution in [0.2, 0.25) is 0 Å². The molecule has 2 aliphatic heterocycles. The average Bonchev–Trinajstić information content (AvgIpc) is 3.55. The Bertz CT molecular complexity index is 1440. The number of pyridine rings is 1. The number of amides is 2. The first-order valence-electron chi connectivity index (χ1n) is 13.5. The minimum atomic E-state index is -0.657. The Morgan fingerprint density at radius 3 is 2.59 bits per heavy atom. The first kappa shape index (κ1) is 27.0. The summed E-state index contributed by atoms with van der Waals surface area (Å²) in [5.74, 6) is 0.271. The highest BCUT2D eigenvalue weighted by atomic mass is 32.1. The number of piperidine rings is 2. The van der Waals surface area contributed by atoms with Crippen LogP contribution in [-0.4, -0.2) is 74.6 Å². The summed E-state index contributed by atoms with van der Waals surface area (Å²) < 4.78 is 2.91. The third-order valence-corrected chi connectivity index (χ3v) is 8.77. The van der Waals surface area contributed by atoms with E-state index in [4.69, 9.17) is 10.7 Å². The summed E-state index contributed by atoms with van der Waals surface area (Å²) in [6, 6.07) is 8.45. The van der Waals surface area contributed by atoms with Gasteiger partial charge in [0.25, 0.3) is 0 Å². The number of nitrogens with two attached hydrogens (primary N) is 1. The average molecular weight is 549 g/mol. The Labute approximate surface area is 232 Å². The topological polar surface area (TPSA) is 122 Å². The molecule has 1 aromatic carbocycles. The quantitative estimate of drug-likeness (QED) is 0.365. The molecular formula is C28H36N8O2S. The molecule has 0 bridgehead atoms. The lowest BCUT2D eigenvalue weighted by molar-refractivity contribution is -0.144. The number of hydrogen-bond acceptors (Lipinski definition) is 8. The number of thiazole rings is 1. The number of carbonyl (C=O) groups excluding carboxylic acids is 2. The summed E-state index contributed by atoms with van der Waals surface area (Å²) in [6.07, 6.45) is 7.58. The number of nitrogens with one attached hydrogen (secondary N) is 1. The molecular weight excluding hydrogens is 512 g/mol. The van der Waals surface area contributed by atoms with E-state index in [1.54, 1.807) is 22.8 Å². The largest absolute Gasteiger partial charge is 0.382 e. The lowest BCUT2D eigenvalue weighted by atomic mass is 9.98. The Kier molecular flexibility index (Phi) is 8.08. The maximum Gasteiger partial charge on any atom is 0.313 e. The van der Waals surface area contributed by atoms with Gasteiger partial charge in [0, 0.05) is 31.4 Å². The first-order valence-corrected chi connectivity index (χ1v) is 14.3. The second kappa shape index (κ2) is 11.7. The zero-order valence-corrected chi connectivity index (χ0v) is 23.6. The molecule has 3 aromatic heterocycles. The van der Waals surface area contributed by atoms with E-state index >= 15 is 0 Å². The van der Waals surface area contributed by atoms with Crippen molar-refractivity contribution in [2.75, 3.05) is 44.3 Å². The number of hydrogen-bond donors (Lipinski definition) is 2. The molecule has 0 saturated carbocycles. The van der Waals surface area contributed by atoms with Gasteiger partial charge in [-0.2, -0.15) is 5.10 Å². The van der Waals surface area contributed by atoms with Crippen molar-refractivity contribution >= 4 is 55.8 Å².